The van der Waals surface area contributed by atoms with Crippen molar-refractivity contribution in [3.05, 3.63) is 77.9 Å². The Morgan fingerprint density at radius 2 is 1.76 bits per heavy atom. The molecule has 0 aliphatic carbocycles. The van der Waals surface area contributed by atoms with Gasteiger partial charge < -0.3 is 19.5 Å². The number of amides is 1. The molecular formula is C28H32N2O4. The van der Waals surface area contributed by atoms with Crippen molar-refractivity contribution in [2.45, 2.75) is 24.5 Å². The van der Waals surface area contributed by atoms with Gasteiger partial charge in [-0.15, -0.1) is 0 Å². The second-order valence-corrected chi connectivity index (χ2v) is 9.26. The highest BCUT2D eigenvalue weighted by atomic mass is 16.5. The summed E-state index contributed by atoms with van der Waals surface area (Å²) in [4.78, 5) is 17.6. The molecule has 6 heteroatoms. The summed E-state index contributed by atoms with van der Waals surface area (Å²) in [6, 6.07) is 21.5. The zero-order valence-corrected chi connectivity index (χ0v) is 19.7. The summed E-state index contributed by atoms with van der Waals surface area (Å²) in [7, 11) is 1.71. The summed E-state index contributed by atoms with van der Waals surface area (Å²) in [6.45, 7) is 4.03. The Hall–Kier alpha value is -2.93. The maximum absolute atomic E-state index is 13.3. The molecule has 1 N–H and O–H groups in total. The first-order chi connectivity index (χ1) is 16.6. The Morgan fingerprint density at radius 3 is 2.53 bits per heavy atom. The summed E-state index contributed by atoms with van der Waals surface area (Å²) in [5, 5.41) is 12.9. The van der Waals surface area contributed by atoms with Crippen LogP contribution < -0.4 is 0 Å². The Balaban J connectivity index is 1.38. The van der Waals surface area contributed by atoms with Gasteiger partial charge in [-0.25, -0.2) is 0 Å². The minimum atomic E-state index is -0.453. The largest absolute Gasteiger partial charge is 0.508 e. The van der Waals surface area contributed by atoms with Crippen molar-refractivity contribution in [2.75, 3.05) is 46.5 Å². The summed E-state index contributed by atoms with van der Waals surface area (Å²) >= 11 is 0. The molecule has 2 saturated heterocycles. The van der Waals surface area contributed by atoms with Crippen LogP contribution in [0.15, 0.2) is 66.7 Å². The smallest absolute Gasteiger partial charge is 0.253 e. The molecular weight excluding hydrogens is 428 g/mol. The minimum Gasteiger partial charge on any atom is -0.508 e. The zero-order chi connectivity index (χ0) is 23.5. The molecule has 2 aliphatic heterocycles. The van der Waals surface area contributed by atoms with E-state index in [1.807, 2.05) is 59.5 Å². The molecule has 1 atom stereocenters. The molecule has 5 rings (SSSR count). The van der Waals surface area contributed by atoms with E-state index in [4.69, 9.17) is 9.47 Å². The van der Waals surface area contributed by atoms with Crippen molar-refractivity contribution in [1.82, 2.24) is 9.80 Å². The summed E-state index contributed by atoms with van der Waals surface area (Å²) in [5.41, 5.74) is 1.15. The lowest BCUT2D eigenvalue weighted by Gasteiger charge is -2.53. The number of benzene rings is 3. The van der Waals surface area contributed by atoms with Gasteiger partial charge in [0.25, 0.3) is 5.91 Å². The number of likely N-dealkylation sites (tertiary alicyclic amines) is 1. The van der Waals surface area contributed by atoms with Crippen LogP contribution in [0, 0.1) is 0 Å². The van der Waals surface area contributed by atoms with Crippen molar-refractivity contribution in [2.24, 2.45) is 0 Å². The monoisotopic (exact) mass is 460 g/mol. The number of carbonyl (C=O) groups excluding carboxylic acids is 1. The Kier molecular flexibility index (Phi) is 6.55. The lowest BCUT2D eigenvalue weighted by molar-refractivity contribution is -0.172. The number of phenols is 1. The number of hydrogen-bond acceptors (Lipinski definition) is 5. The van der Waals surface area contributed by atoms with Crippen LogP contribution in [0.5, 0.6) is 5.75 Å². The molecule has 34 heavy (non-hydrogen) atoms. The third-order valence-electron chi connectivity index (χ3n) is 7.34. The average Bonchev–Trinajstić information content (AvgIpc) is 2.88. The van der Waals surface area contributed by atoms with Crippen molar-refractivity contribution in [3.63, 3.8) is 0 Å². The third kappa shape index (κ3) is 4.29. The summed E-state index contributed by atoms with van der Waals surface area (Å²) < 4.78 is 11.9. The zero-order valence-electron chi connectivity index (χ0n) is 19.7. The fourth-order valence-electron chi connectivity index (χ4n) is 5.57. The quantitative estimate of drug-likeness (QED) is 0.617. The number of para-hydroxylation sites is 1. The van der Waals surface area contributed by atoms with Crippen LogP contribution in [-0.4, -0.2) is 72.9 Å². The number of piperidine rings is 1. The highest BCUT2D eigenvalue weighted by Gasteiger charge is 2.49. The maximum atomic E-state index is 13.3. The third-order valence-corrected chi connectivity index (χ3v) is 7.34. The van der Waals surface area contributed by atoms with E-state index in [0.29, 0.717) is 26.3 Å². The van der Waals surface area contributed by atoms with Gasteiger partial charge in [0.05, 0.1) is 24.9 Å². The molecule has 0 bridgehead atoms. The number of phenolic OH excluding ortho intramolecular Hbond substituents is 1. The van der Waals surface area contributed by atoms with E-state index in [1.165, 1.54) is 0 Å². The second kappa shape index (κ2) is 9.74. The van der Waals surface area contributed by atoms with Crippen molar-refractivity contribution >= 4 is 16.7 Å². The number of methoxy groups -OCH3 is 1. The molecule has 1 amide bonds. The van der Waals surface area contributed by atoms with Gasteiger partial charge in [0.1, 0.15) is 5.75 Å². The molecule has 178 valence electrons. The number of hydrogen-bond donors (Lipinski definition) is 1. The maximum Gasteiger partial charge on any atom is 0.253 e. The standard InChI is InChI=1S/C28H32N2O4/c1-33-18-16-29-17-19-34-28(26(29)24-8-4-5-9-25(24)31)12-14-30(15-13-28)27(32)23-11-10-21-6-2-3-7-22(21)20-23/h2-11,20,26,31H,12-19H2,1H3. The van der Waals surface area contributed by atoms with E-state index in [1.54, 1.807) is 13.2 Å². The molecule has 6 nitrogen and oxygen atoms in total. The molecule has 2 fully saturated rings. The Labute approximate surface area is 200 Å². The van der Waals surface area contributed by atoms with E-state index in [-0.39, 0.29) is 17.7 Å². The fraction of sp³-hybridized carbons (Fsp3) is 0.393. The van der Waals surface area contributed by atoms with Gasteiger partial charge in [-0.2, -0.15) is 0 Å². The number of nitrogens with zero attached hydrogens (tertiary/aromatic N) is 2. The number of fused-ring (bicyclic) bond motifs is 1. The molecule has 3 aromatic rings. The van der Waals surface area contributed by atoms with E-state index in [2.05, 4.69) is 11.0 Å². The van der Waals surface area contributed by atoms with Crippen LogP contribution in [0.2, 0.25) is 0 Å². The van der Waals surface area contributed by atoms with Gasteiger partial charge in [-0.05, 0) is 41.8 Å². The van der Waals surface area contributed by atoms with E-state index >= 15 is 0 Å². The van der Waals surface area contributed by atoms with Gasteiger partial charge in [0.15, 0.2) is 0 Å². The molecule has 1 unspecified atom stereocenters. The topological polar surface area (TPSA) is 62.2 Å². The molecule has 0 saturated carbocycles. The first-order valence-corrected chi connectivity index (χ1v) is 12.0. The van der Waals surface area contributed by atoms with Crippen LogP contribution in [0.1, 0.15) is 34.8 Å². The number of morpholine rings is 1. The van der Waals surface area contributed by atoms with Gasteiger partial charge in [-0.3, -0.25) is 9.69 Å². The first kappa shape index (κ1) is 22.8. The number of aromatic hydroxyl groups is 1. The normalized spacial score (nSPS) is 20.6. The summed E-state index contributed by atoms with van der Waals surface area (Å²) in [5.74, 6) is 0.348. The van der Waals surface area contributed by atoms with Crippen molar-refractivity contribution in [3.8, 4) is 5.75 Å². The van der Waals surface area contributed by atoms with Crippen LogP contribution >= 0.6 is 0 Å². The Morgan fingerprint density at radius 1 is 1.03 bits per heavy atom. The number of rotatable bonds is 5. The number of ether oxygens (including phenoxy) is 2. The van der Waals surface area contributed by atoms with E-state index in [0.717, 1.165) is 47.8 Å². The molecule has 2 heterocycles. The fourth-order valence-corrected chi connectivity index (χ4v) is 5.57. The first-order valence-electron chi connectivity index (χ1n) is 12.0. The number of carbonyl (C=O) groups is 1. The van der Waals surface area contributed by atoms with Gasteiger partial charge in [-0.1, -0.05) is 48.5 Å². The molecule has 0 radical (unpaired) electrons. The lowest BCUT2D eigenvalue weighted by atomic mass is 9.78. The van der Waals surface area contributed by atoms with Gasteiger partial charge in [0.2, 0.25) is 0 Å². The van der Waals surface area contributed by atoms with E-state index in [9.17, 15) is 9.90 Å². The molecule has 2 aliphatic rings. The SMILES string of the molecule is COCCN1CCOC2(CCN(C(=O)c3ccc4ccccc4c3)CC2)C1c1ccccc1O. The second-order valence-electron chi connectivity index (χ2n) is 9.26. The predicted octanol–water partition coefficient (Wildman–Crippen LogP) is 4.24. The molecule has 0 aromatic heterocycles. The highest BCUT2D eigenvalue weighted by molar-refractivity contribution is 5.98. The van der Waals surface area contributed by atoms with Crippen LogP contribution in [0.3, 0.4) is 0 Å². The van der Waals surface area contributed by atoms with Crippen molar-refractivity contribution < 1.29 is 19.4 Å². The van der Waals surface area contributed by atoms with Crippen LogP contribution in [-0.2, 0) is 9.47 Å². The van der Waals surface area contributed by atoms with Gasteiger partial charge >= 0.3 is 0 Å². The molecule has 1 spiro atoms. The van der Waals surface area contributed by atoms with Crippen molar-refractivity contribution in [1.29, 1.82) is 0 Å². The van der Waals surface area contributed by atoms with Gasteiger partial charge in [0, 0.05) is 44.4 Å². The minimum absolute atomic E-state index is 0.0618. The molecule has 3 aromatic carbocycles. The summed E-state index contributed by atoms with van der Waals surface area (Å²) in [6.07, 6.45) is 1.43. The lowest BCUT2D eigenvalue weighted by Crippen LogP contribution is -2.59. The average molecular weight is 461 g/mol. The van der Waals surface area contributed by atoms with Crippen LogP contribution in [0.4, 0.5) is 0 Å². The van der Waals surface area contributed by atoms with E-state index < -0.39 is 5.60 Å². The van der Waals surface area contributed by atoms with Crippen LogP contribution in [0.25, 0.3) is 10.8 Å². The highest BCUT2D eigenvalue weighted by Crippen LogP contribution is 2.46. The Bertz CT molecular complexity index is 1160. The predicted molar refractivity (Wildman–Crippen MR) is 132 cm³/mol.